The van der Waals surface area contributed by atoms with E-state index in [0.29, 0.717) is 0 Å². The van der Waals surface area contributed by atoms with Crippen LogP contribution >= 0.6 is 0 Å². The van der Waals surface area contributed by atoms with Gasteiger partial charge in [-0.3, -0.25) is 0 Å². The summed E-state index contributed by atoms with van der Waals surface area (Å²) in [5, 5.41) is 0. The molecule has 0 saturated carbocycles. The highest BCUT2D eigenvalue weighted by atomic mass is 15.1. The molecule has 1 aromatic heterocycles. The molecule has 0 aliphatic rings. The normalized spacial score (nSPS) is 11.0. The van der Waals surface area contributed by atoms with E-state index in [1.807, 2.05) is 6.07 Å². The van der Waals surface area contributed by atoms with E-state index in [1.165, 1.54) is 16.6 Å². The van der Waals surface area contributed by atoms with Crippen molar-refractivity contribution in [3.05, 3.63) is 65.5 Å². The second-order valence-electron chi connectivity index (χ2n) is 4.74. The van der Waals surface area contributed by atoms with E-state index >= 15 is 0 Å². The monoisotopic (exact) mass is 236 g/mol. The molecule has 0 spiro atoms. The Hall–Kier alpha value is -2.09. The molecule has 1 heterocycles. The van der Waals surface area contributed by atoms with E-state index in [2.05, 4.69) is 61.0 Å². The zero-order valence-corrected chi connectivity index (χ0v) is 10.7. The summed E-state index contributed by atoms with van der Waals surface area (Å²) in [4.78, 5) is 4.73. The average molecular weight is 236 g/mol. The Morgan fingerprint density at radius 1 is 1.06 bits per heavy atom. The lowest BCUT2D eigenvalue weighted by molar-refractivity contribution is 0.844. The van der Waals surface area contributed by atoms with Gasteiger partial charge in [0, 0.05) is 13.5 Å². The molecule has 2 aromatic carbocycles. The molecule has 2 nitrogen and oxygen atoms in total. The van der Waals surface area contributed by atoms with Gasteiger partial charge in [0.25, 0.3) is 0 Å². The van der Waals surface area contributed by atoms with Crippen molar-refractivity contribution in [1.82, 2.24) is 9.55 Å². The van der Waals surface area contributed by atoms with Crippen molar-refractivity contribution in [3.8, 4) is 0 Å². The Morgan fingerprint density at radius 3 is 2.61 bits per heavy atom. The molecule has 0 aliphatic carbocycles. The van der Waals surface area contributed by atoms with Gasteiger partial charge in [-0.15, -0.1) is 0 Å². The fourth-order valence-electron chi connectivity index (χ4n) is 2.30. The number of rotatable bonds is 2. The largest absolute Gasteiger partial charge is 0.331 e. The topological polar surface area (TPSA) is 17.8 Å². The van der Waals surface area contributed by atoms with Crippen molar-refractivity contribution in [2.24, 2.45) is 7.05 Å². The minimum Gasteiger partial charge on any atom is -0.331 e. The molecular formula is C16H16N2. The molecule has 0 saturated heterocycles. The fraction of sp³-hybridized carbons (Fsp3) is 0.188. The van der Waals surface area contributed by atoms with Crippen LogP contribution in [0.15, 0.2) is 48.5 Å². The first kappa shape index (κ1) is 11.0. The average Bonchev–Trinajstić information content (AvgIpc) is 2.67. The molecule has 0 fully saturated rings. The van der Waals surface area contributed by atoms with Crippen molar-refractivity contribution in [1.29, 1.82) is 0 Å². The molecular weight excluding hydrogens is 220 g/mol. The van der Waals surface area contributed by atoms with Gasteiger partial charge in [0.2, 0.25) is 0 Å². The predicted octanol–water partition coefficient (Wildman–Crippen LogP) is 3.47. The number of nitrogens with zero attached hydrogens (tertiary/aromatic N) is 2. The van der Waals surface area contributed by atoms with E-state index in [-0.39, 0.29) is 0 Å². The van der Waals surface area contributed by atoms with E-state index in [4.69, 9.17) is 4.98 Å². The zero-order valence-electron chi connectivity index (χ0n) is 10.7. The number of imidazole rings is 1. The predicted molar refractivity (Wildman–Crippen MR) is 74.7 cm³/mol. The lowest BCUT2D eigenvalue weighted by atomic mass is 10.1. The first-order valence-electron chi connectivity index (χ1n) is 6.20. The van der Waals surface area contributed by atoms with E-state index < -0.39 is 0 Å². The van der Waals surface area contributed by atoms with E-state index in [9.17, 15) is 0 Å². The van der Waals surface area contributed by atoms with Crippen molar-refractivity contribution < 1.29 is 0 Å². The Balaban J connectivity index is 2.05. The van der Waals surface area contributed by atoms with Crippen molar-refractivity contribution in [2.75, 3.05) is 0 Å². The van der Waals surface area contributed by atoms with Crippen LogP contribution in [0.5, 0.6) is 0 Å². The van der Waals surface area contributed by atoms with Crippen LogP contribution in [0.4, 0.5) is 0 Å². The summed E-state index contributed by atoms with van der Waals surface area (Å²) >= 11 is 0. The van der Waals surface area contributed by atoms with Crippen LogP contribution in [0, 0.1) is 6.92 Å². The van der Waals surface area contributed by atoms with E-state index in [1.54, 1.807) is 0 Å². The van der Waals surface area contributed by atoms with E-state index in [0.717, 1.165) is 17.8 Å². The van der Waals surface area contributed by atoms with Gasteiger partial charge in [-0.05, 0) is 30.2 Å². The Labute approximate surface area is 107 Å². The molecule has 3 aromatic rings. The summed E-state index contributed by atoms with van der Waals surface area (Å²) in [5.74, 6) is 1.11. The molecule has 0 bridgehead atoms. The van der Waals surface area contributed by atoms with Gasteiger partial charge in [-0.1, -0.05) is 36.4 Å². The van der Waals surface area contributed by atoms with Crippen LogP contribution in [0.1, 0.15) is 17.0 Å². The number of hydrogen-bond acceptors (Lipinski definition) is 1. The maximum absolute atomic E-state index is 4.73. The number of aryl methyl sites for hydroxylation is 2. The summed E-state index contributed by atoms with van der Waals surface area (Å²) in [6.07, 6.45) is 0.880. The molecule has 2 heteroatoms. The maximum Gasteiger partial charge on any atom is 0.114 e. The summed E-state index contributed by atoms with van der Waals surface area (Å²) in [6.45, 7) is 2.10. The second-order valence-corrected chi connectivity index (χ2v) is 4.74. The number of benzene rings is 2. The molecule has 90 valence electrons. The lowest BCUT2D eigenvalue weighted by Gasteiger charge is -2.02. The minimum atomic E-state index is 0.880. The molecule has 0 aliphatic heterocycles. The van der Waals surface area contributed by atoms with Gasteiger partial charge in [0.05, 0.1) is 11.0 Å². The van der Waals surface area contributed by atoms with Crippen LogP contribution in [0.25, 0.3) is 11.0 Å². The third-order valence-corrected chi connectivity index (χ3v) is 3.33. The fourth-order valence-corrected chi connectivity index (χ4v) is 2.30. The highest BCUT2D eigenvalue weighted by Gasteiger charge is 2.07. The molecule has 0 amide bonds. The standard InChI is InChI=1S/C16H16N2/c1-12-8-9-15-14(10-12)17-16(18(15)2)11-13-6-4-3-5-7-13/h3-10H,11H2,1-2H3. The van der Waals surface area contributed by atoms with Gasteiger partial charge in [-0.2, -0.15) is 0 Å². The smallest absolute Gasteiger partial charge is 0.114 e. The highest BCUT2D eigenvalue weighted by Crippen LogP contribution is 2.18. The quantitative estimate of drug-likeness (QED) is 0.666. The molecule has 0 radical (unpaired) electrons. The maximum atomic E-state index is 4.73. The van der Waals surface area contributed by atoms with Gasteiger partial charge in [0.15, 0.2) is 0 Å². The Bertz CT molecular complexity index is 681. The van der Waals surface area contributed by atoms with Crippen LogP contribution in [-0.4, -0.2) is 9.55 Å². The SMILES string of the molecule is Cc1ccc2c(c1)nc(Cc1ccccc1)n2C. The number of hydrogen-bond donors (Lipinski definition) is 0. The minimum absolute atomic E-state index is 0.880. The number of fused-ring (bicyclic) bond motifs is 1. The van der Waals surface area contributed by atoms with Gasteiger partial charge >= 0.3 is 0 Å². The summed E-state index contributed by atoms with van der Waals surface area (Å²) in [5.41, 5.74) is 4.84. The van der Waals surface area contributed by atoms with Gasteiger partial charge in [-0.25, -0.2) is 4.98 Å². The molecule has 18 heavy (non-hydrogen) atoms. The summed E-state index contributed by atoms with van der Waals surface area (Å²) < 4.78 is 2.18. The third kappa shape index (κ3) is 1.90. The van der Waals surface area contributed by atoms with Gasteiger partial charge < -0.3 is 4.57 Å². The first-order chi connectivity index (χ1) is 8.74. The van der Waals surface area contributed by atoms with Crippen molar-refractivity contribution >= 4 is 11.0 Å². The van der Waals surface area contributed by atoms with Crippen LogP contribution < -0.4 is 0 Å². The lowest BCUT2D eigenvalue weighted by Crippen LogP contribution is -1.98. The molecule has 0 unspecified atom stereocenters. The number of aromatic nitrogens is 2. The van der Waals surface area contributed by atoms with Gasteiger partial charge in [0.1, 0.15) is 5.82 Å². The molecule has 0 atom stereocenters. The van der Waals surface area contributed by atoms with Crippen LogP contribution in [0.2, 0.25) is 0 Å². The highest BCUT2D eigenvalue weighted by molar-refractivity contribution is 5.76. The molecule has 0 N–H and O–H groups in total. The first-order valence-corrected chi connectivity index (χ1v) is 6.20. The van der Waals surface area contributed by atoms with Crippen molar-refractivity contribution in [2.45, 2.75) is 13.3 Å². The Morgan fingerprint density at radius 2 is 1.83 bits per heavy atom. The Kier molecular flexibility index (Phi) is 2.63. The summed E-state index contributed by atoms with van der Waals surface area (Å²) in [7, 11) is 2.09. The van der Waals surface area contributed by atoms with Crippen LogP contribution in [0.3, 0.4) is 0 Å². The zero-order chi connectivity index (χ0) is 12.5. The van der Waals surface area contributed by atoms with Crippen LogP contribution in [-0.2, 0) is 13.5 Å². The third-order valence-electron chi connectivity index (χ3n) is 3.33. The summed E-state index contributed by atoms with van der Waals surface area (Å²) in [6, 6.07) is 16.9. The second kappa shape index (κ2) is 4.30. The van der Waals surface area contributed by atoms with Crippen molar-refractivity contribution in [3.63, 3.8) is 0 Å². The molecule has 3 rings (SSSR count).